The molecule has 5 rings (SSSR count). The summed E-state index contributed by atoms with van der Waals surface area (Å²) >= 11 is 0. The van der Waals surface area contributed by atoms with Crippen LogP contribution in [0.15, 0.2) is 36.4 Å². The lowest BCUT2D eigenvalue weighted by atomic mass is 9.99. The van der Waals surface area contributed by atoms with E-state index in [1.165, 1.54) is 37.3 Å². The van der Waals surface area contributed by atoms with Gasteiger partial charge in [0.25, 0.3) is 39.4 Å². The molecule has 0 radical (unpaired) electrons. The van der Waals surface area contributed by atoms with Gasteiger partial charge in [0.15, 0.2) is 5.25 Å². The highest BCUT2D eigenvalue weighted by Crippen LogP contribution is 2.41. The number of nitro benzene ring substituents is 1. The molecule has 1 N–H and O–H groups in total. The van der Waals surface area contributed by atoms with Gasteiger partial charge >= 0.3 is 11.9 Å². The molecular weight excluding hydrogens is 648 g/mol. The number of nitrogens with zero attached hydrogens (tertiary/aromatic N) is 4. The van der Waals surface area contributed by atoms with Crippen LogP contribution in [-0.2, 0) is 55.0 Å². The van der Waals surface area contributed by atoms with Crippen molar-refractivity contribution < 1.29 is 61.1 Å². The Balaban J connectivity index is 1.26. The molecule has 5 amide bonds. The van der Waals surface area contributed by atoms with E-state index >= 15 is 0 Å². The second-order valence-electron chi connectivity index (χ2n) is 10.8. The number of amides is 5. The number of hydroxylamine groups is 4. The molecule has 0 saturated carbocycles. The molecule has 2 aromatic carbocycles. The van der Waals surface area contributed by atoms with Gasteiger partial charge in [0, 0.05) is 31.4 Å². The first-order valence-corrected chi connectivity index (χ1v) is 15.4. The second kappa shape index (κ2) is 12.3. The molecule has 246 valence electrons. The lowest BCUT2D eigenvalue weighted by Crippen LogP contribution is -2.37. The van der Waals surface area contributed by atoms with E-state index in [4.69, 9.17) is 9.39 Å². The van der Waals surface area contributed by atoms with Gasteiger partial charge in [-0.25, -0.2) is 9.59 Å². The molecule has 2 atom stereocenters. The molecule has 0 spiro atoms. The van der Waals surface area contributed by atoms with Crippen molar-refractivity contribution in [3.63, 3.8) is 0 Å². The van der Waals surface area contributed by atoms with Crippen molar-refractivity contribution in [2.45, 2.75) is 44.3 Å². The summed E-state index contributed by atoms with van der Waals surface area (Å²) in [4.78, 5) is 108. The summed E-state index contributed by atoms with van der Waals surface area (Å²) in [6.45, 7) is 1.56. The zero-order valence-electron chi connectivity index (χ0n) is 24.3. The van der Waals surface area contributed by atoms with Crippen LogP contribution in [-0.4, -0.2) is 81.3 Å². The summed E-state index contributed by atoms with van der Waals surface area (Å²) in [5.74, 6) is -7.43. The maximum atomic E-state index is 13.0. The minimum Gasteiger partial charge on any atom is -0.330 e. The van der Waals surface area contributed by atoms with Gasteiger partial charge in [-0.2, -0.15) is 8.42 Å². The van der Waals surface area contributed by atoms with Crippen LogP contribution in [0.2, 0.25) is 0 Å². The van der Waals surface area contributed by atoms with Crippen molar-refractivity contribution in [1.29, 1.82) is 0 Å². The molecule has 2 fully saturated rings. The Hall–Kier alpha value is -5.56. The van der Waals surface area contributed by atoms with E-state index < -0.39 is 92.6 Å². The number of nitro groups is 1. The number of rotatable bonds is 9. The van der Waals surface area contributed by atoms with E-state index in [1.807, 2.05) is 0 Å². The normalized spacial score (nSPS) is 19.3. The monoisotopic (exact) mass is 672 g/mol. The third-order valence-corrected chi connectivity index (χ3v) is 8.74. The Bertz CT molecular complexity index is 1870. The first-order chi connectivity index (χ1) is 22.1. The Morgan fingerprint density at radius 2 is 1.57 bits per heavy atom. The van der Waals surface area contributed by atoms with Crippen molar-refractivity contribution in [2.24, 2.45) is 5.92 Å². The molecule has 2 saturated heterocycles. The molecule has 47 heavy (non-hydrogen) atoms. The fourth-order valence-electron chi connectivity index (χ4n) is 5.27. The van der Waals surface area contributed by atoms with Crippen LogP contribution in [0.3, 0.4) is 0 Å². The van der Waals surface area contributed by atoms with E-state index in [9.17, 15) is 52.1 Å². The smallest absolute Gasteiger partial charge is 0.330 e. The first kappa shape index (κ1) is 32.8. The molecule has 0 aliphatic carbocycles. The minimum absolute atomic E-state index is 0.00684. The molecule has 3 aliphatic rings. The molecule has 2 aromatic rings. The van der Waals surface area contributed by atoms with E-state index in [0.29, 0.717) is 21.8 Å². The summed E-state index contributed by atoms with van der Waals surface area (Å²) in [7, 11) is -4.92. The average Bonchev–Trinajstić information content (AvgIpc) is 3.65. The lowest BCUT2D eigenvalue weighted by molar-refractivity contribution is -0.384. The maximum Gasteiger partial charge on any atom is 0.363 e. The second-order valence-corrected chi connectivity index (χ2v) is 12.4. The predicted molar refractivity (Wildman–Crippen MR) is 153 cm³/mol. The van der Waals surface area contributed by atoms with E-state index in [1.54, 1.807) is 6.07 Å². The van der Waals surface area contributed by atoms with Crippen molar-refractivity contribution in [3.8, 4) is 11.1 Å². The topological polar surface area (TPSA) is 245 Å². The summed E-state index contributed by atoms with van der Waals surface area (Å²) < 4.78 is 31.6. The molecule has 2 unspecified atom stereocenters. The number of hydrogen-bond donors (Lipinski definition) is 1. The van der Waals surface area contributed by atoms with Crippen LogP contribution in [0.5, 0.6) is 0 Å². The van der Waals surface area contributed by atoms with Gasteiger partial charge in [0.05, 0.1) is 23.3 Å². The highest BCUT2D eigenvalue weighted by Gasteiger charge is 2.48. The van der Waals surface area contributed by atoms with Crippen molar-refractivity contribution in [1.82, 2.24) is 10.1 Å². The molecular formula is C28H24N4O14S. The minimum atomic E-state index is -4.92. The Kier molecular flexibility index (Phi) is 8.61. The highest BCUT2D eigenvalue weighted by atomic mass is 32.2. The number of carbonyl (C=O) groups is 7. The summed E-state index contributed by atoms with van der Waals surface area (Å²) in [6, 6.07) is 8.52. The summed E-state index contributed by atoms with van der Waals surface area (Å²) in [5.41, 5.74) is 0.889. The molecule has 3 heterocycles. The van der Waals surface area contributed by atoms with Gasteiger partial charge < -0.3 is 14.6 Å². The number of benzene rings is 2. The number of anilines is 1. The lowest BCUT2D eigenvalue weighted by Gasteiger charge is -2.18. The largest absolute Gasteiger partial charge is 0.363 e. The number of hydrogen-bond acceptors (Lipinski definition) is 13. The van der Waals surface area contributed by atoms with Crippen LogP contribution in [0, 0.1) is 16.0 Å². The SMILES string of the molecule is CC1CC(=O)N(OC(=O)c2ccc(-c3cc4c(c([N+](=O)[O-])c3)N(C(=O)CCC(=O)ON3C(=O)CC(S(=O)(=O)O)C3=O)CC4)cc2)C1=O. The van der Waals surface area contributed by atoms with Crippen LogP contribution >= 0.6 is 0 Å². The van der Waals surface area contributed by atoms with Crippen molar-refractivity contribution in [3.05, 3.63) is 57.6 Å². The van der Waals surface area contributed by atoms with Crippen molar-refractivity contribution >= 4 is 63.0 Å². The third-order valence-electron chi connectivity index (χ3n) is 7.66. The fraction of sp³-hybridized carbons (Fsp3) is 0.321. The zero-order valence-corrected chi connectivity index (χ0v) is 25.1. The summed E-state index contributed by atoms with van der Waals surface area (Å²) in [5, 5.41) is 10.3. The quantitative estimate of drug-likeness (QED) is 0.168. The molecule has 0 aromatic heterocycles. The fourth-order valence-corrected chi connectivity index (χ4v) is 5.97. The Morgan fingerprint density at radius 3 is 2.15 bits per heavy atom. The van der Waals surface area contributed by atoms with Crippen molar-refractivity contribution in [2.75, 3.05) is 11.4 Å². The molecule has 0 bridgehead atoms. The van der Waals surface area contributed by atoms with Crippen LogP contribution in [0.1, 0.15) is 48.5 Å². The van der Waals surface area contributed by atoms with Gasteiger partial charge in [-0.3, -0.25) is 38.6 Å². The molecule has 18 nitrogen and oxygen atoms in total. The maximum absolute atomic E-state index is 13.0. The standard InChI is InChI=1S/C28H24N4O14S/c1-14-10-22(34)30(26(14)37)46-28(39)16-4-2-15(3-5-16)18-11-17-8-9-29(25(17)19(12-18)32(40)41)21(33)6-7-24(36)45-31-23(35)13-20(27(31)38)47(42,43)44/h2-5,11-12,14,20H,6-10,13H2,1H3,(H,42,43,44). The number of fused-ring (bicyclic) bond motifs is 1. The Labute approximate surface area is 264 Å². The van der Waals surface area contributed by atoms with Crippen LogP contribution < -0.4 is 4.90 Å². The Morgan fingerprint density at radius 1 is 0.936 bits per heavy atom. The van der Waals surface area contributed by atoms with Gasteiger partial charge in [-0.1, -0.05) is 19.1 Å². The van der Waals surface area contributed by atoms with E-state index in [-0.39, 0.29) is 35.7 Å². The van der Waals surface area contributed by atoms with Gasteiger partial charge in [0.2, 0.25) is 5.91 Å². The van der Waals surface area contributed by atoms with E-state index in [2.05, 4.69) is 4.84 Å². The third kappa shape index (κ3) is 6.42. The average molecular weight is 673 g/mol. The van der Waals surface area contributed by atoms with E-state index in [0.717, 1.165) is 4.90 Å². The molecule has 3 aliphatic heterocycles. The highest BCUT2D eigenvalue weighted by molar-refractivity contribution is 7.87. The first-order valence-electron chi connectivity index (χ1n) is 13.9. The molecule has 19 heteroatoms. The van der Waals surface area contributed by atoms with Gasteiger partial charge in [0.1, 0.15) is 5.69 Å². The number of imide groups is 2. The van der Waals surface area contributed by atoms with Crippen LogP contribution in [0.25, 0.3) is 11.1 Å². The zero-order chi connectivity index (χ0) is 34.4. The summed E-state index contributed by atoms with van der Waals surface area (Å²) in [6.07, 6.45) is -2.00. The predicted octanol–water partition coefficient (Wildman–Crippen LogP) is 0.871. The van der Waals surface area contributed by atoms with Crippen LogP contribution in [0.4, 0.5) is 11.4 Å². The van der Waals surface area contributed by atoms with Gasteiger partial charge in [-0.15, -0.1) is 10.1 Å². The number of carbonyl (C=O) groups excluding carboxylic acids is 7. The van der Waals surface area contributed by atoms with Gasteiger partial charge in [-0.05, 0) is 41.3 Å².